The largest absolute Gasteiger partial charge is 0.416 e. The number of nitrogens with zero attached hydrogens (tertiary/aromatic N) is 2. The summed E-state index contributed by atoms with van der Waals surface area (Å²) in [7, 11) is 1.35. The lowest BCUT2D eigenvalue weighted by molar-refractivity contribution is -0.137. The number of rotatable bonds is 6. The van der Waals surface area contributed by atoms with Crippen molar-refractivity contribution in [3.05, 3.63) is 59.7 Å². The highest BCUT2D eigenvalue weighted by molar-refractivity contribution is 5.84. The molecule has 0 aliphatic rings. The molecule has 3 rings (SSSR count). The van der Waals surface area contributed by atoms with E-state index in [-0.39, 0.29) is 12.2 Å². The fourth-order valence-electron chi connectivity index (χ4n) is 2.86. The first-order valence-corrected chi connectivity index (χ1v) is 7.87. The summed E-state index contributed by atoms with van der Waals surface area (Å²) in [6, 6.07) is 6.13. The van der Waals surface area contributed by atoms with Crippen LogP contribution >= 0.6 is 0 Å². The lowest BCUT2D eigenvalue weighted by Crippen LogP contribution is -2.30. The molecular formula is C18H15F4N3O2. The zero-order chi connectivity index (χ0) is 19.6. The third-order valence-electron chi connectivity index (χ3n) is 4.11. The number of hydrogen-bond acceptors (Lipinski definition) is 3. The maximum absolute atomic E-state index is 13.8. The second kappa shape index (κ2) is 7.36. The molecule has 1 aromatic heterocycles. The number of imidazole rings is 1. The molecule has 1 unspecified atom stereocenters. The van der Waals surface area contributed by atoms with Gasteiger partial charge in [-0.15, -0.1) is 0 Å². The average molecular weight is 381 g/mol. The minimum absolute atomic E-state index is 0.0269. The van der Waals surface area contributed by atoms with Crippen LogP contribution in [0, 0.1) is 5.82 Å². The topological polar surface area (TPSA) is 58.2 Å². The van der Waals surface area contributed by atoms with Crippen LogP contribution in [0.25, 0.3) is 11.0 Å². The lowest BCUT2D eigenvalue weighted by atomic mass is 10.0. The van der Waals surface area contributed by atoms with Gasteiger partial charge in [0.15, 0.2) is 0 Å². The minimum atomic E-state index is -4.71. The summed E-state index contributed by atoms with van der Waals surface area (Å²) >= 11 is 0. The van der Waals surface area contributed by atoms with E-state index >= 15 is 0 Å². The molecule has 0 radical (unpaired) electrons. The molecule has 0 fully saturated rings. The molecule has 5 nitrogen and oxygen atoms in total. The Kier molecular flexibility index (Phi) is 5.13. The number of aromatic nitrogens is 2. The molecule has 2 aromatic carbocycles. The Labute approximate surface area is 151 Å². The Morgan fingerprint density at radius 2 is 2.04 bits per heavy atom. The monoisotopic (exact) mass is 381 g/mol. The number of aromatic amines is 1. The van der Waals surface area contributed by atoms with E-state index in [9.17, 15) is 22.4 Å². The molecule has 27 heavy (non-hydrogen) atoms. The smallest absolute Gasteiger partial charge is 0.382 e. The second-order valence-electron chi connectivity index (χ2n) is 5.86. The highest BCUT2D eigenvalue weighted by atomic mass is 19.4. The number of fused-ring (bicyclic) bond motifs is 1. The number of halogens is 4. The fourth-order valence-corrected chi connectivity index (χ4v) is 2.86. The molecule has 0 spiro atoms. The second-order valence-corrected chi connectivity index (χ2v) is 5.86. The molecule has 0 saturated carbocycles. The van der Waals surface area contributed by atoms with Gasteiger partial charge >= 0.3 is 6.18 Å². The maximum atomic E-state index is 13.8. The zero-order valence-corrected chi connectivity index (χ0v) is 14.1. The minimum Gasteiger partial charge on any atom is -0.382 e. The first kappa shape index (κ1) is 18.8. The Hall–Kier alpha value is -2.94. The van der Waals surface area contributed by atoms with Crippen LogP contribution in [0.3, 0.4) is 0 Å². The van der Waals surface area contributed by atoms with Crippen molar-refractivity contribution in [2.24, 2.45) is 0 Å². The molecule has 1 atom stereocenters. The molecule has 0 bridgehead atoms. The predicted octanol–water partition coefficient (Wildman–Crippen LogP) is 4.07. The van der Waals surface area contributed by atoms with E-state index in [0.717, 1.165) is 12.1 Å². The molecule has 1 N–H and O–H groups in total. The summed E-state index contributed by atoms with van der Waals surface area (Å²) in [6.45, 7) is -0.125. The maximum Gasteiger partial charge on any atom is 0.416 e. The number of nitrogens with one attached hydrogen (secondary N) is 1. The standard InChI is InChI=1S/C18H15F4N3O2/c1-27-8-17(11-4-12(18(20,21)22)6-13(19)5-11)25(10-26)14-2-3-15-16(7-14)24-9-23-15/h2-7,9-10,17H,8H2,1H3,(H,23,24). The summed E-state index contributed by atoms with van der Waals surface area (Å²) in [5.74, 6) is -1.05. The summed E-state index contributed by atoms with van der Waals surface area (Å²) < 4.78 is 58.1. The summed E-state index contributed by atoms with van der Waals surface area (Å²) in [4.78, 5) is 19.9. The van der Waals surface area contributed by atoms with Gasteiger partial charge in [-0.3, -0.25) is 4.79 Å². The predicted molar refractivity (Wildman–Crippen MR) is 90.7 cm³/mol. The Bertz CT molecular complexity index is 955. The van der Waals surface area contributed by atoms with Crippen LogP contribution < -0.4 is 4.90 Å². The first-order valence-electron chi connectivity index (χ1n) is 7.87. The third-order valence-corrected chi connectivity index (χ3v) is 4.11. The van der Waals surface area contributed by atoms with Gasteiger partial charge in [0, 0.05) is 12.8 Å². The van der Waals surface area contributed by atoms with Gasteiger partial charge in [-0.1, -0.05) is 0 Å². The van der Waals surface area contributed by atoms with Gasteiger partial charge in [0.1, 0.15) is 5.82 Å². The Morgan fingerprint density at radius 3 is 2.70 bits per heavy atom. The van der Waals surface area contributed by atoms with E-state index in [1.165, 1.54) is 18.3 Å². The van der Waals surface area contributed by atoms with E-state index in [4.69, 9.17) is 4.74 Å². The van der Waals surface area contributed by atoms with Gasteiger partial charge in [-0.25, -0.2) is 9.37 Å². The van der Waals surface area contributed by atoms with Gasteiger partial charge in [-0.05, 0) is 42.0 Å². The van der Waals surface area contributed by atoms with Crippen molar-refractivity contribution >= 4 is 23.1 Å². The van der Waals surface area contributed by atoms with Crippen LogP contribution in [0.15, 0.2) is 42.7 Å². The number of alkyl halides is 3. The number of ether oxygens (including phenoxy) is 1. The molecule has 1 amide bonds. The number of H-pyrrole nitrogens is 1. The molecule has 3 aromatic rings. The van der Waals surface area contributed by atoms with Crippen molar-refractivity contribution < 1.29 is 27.1 Å². The van der Waals surface area contributed by atoms with Crippen molar-refractivity contribution in [2.75, 3.05) is 18.6 Å². The normalized spacial score (nSPS) is 12.9. The molecule has 1 heterocycles. The molecule has 9 heteroatoms. The SMILES string of the molecule is COCC(c1cc(F)cc(C(F)(F)F)c1)N(C=O)c1ccc2nc[nH]c2c1. The van der Waals surface area contributed by atoms with E-state index in [1.54, 1.807) is 18.2 Å². The highest BCUT2D eigenvalue weighted by Crippen LogP contribution is 2.34. The molecular weight excluding hydrogens is 366 g/mol. The van der Waals surface area contributed by atoms with Crippen LogP contribution in [0.2, 0.25) is 0 Å². The summed E-state index contributed by atoms with van der Waals surface area (Å²) in [5.41, 5.74) is 0.555. The molecule has 0 aliphatic heterocycles. The van der Waals surface area contributed by atoms with Gasteiger partial charge < -0.3 is 14.6 Å². The van der Waals surface area contributed by atoms with E-state index < -0.39 is 23.6 Å². The van der Waals surface area contributed by atoms with E-state index in [1.807, 2.05) is 0 Å². The number of carbonyl (C=O) groups is 1. The molecule has 142 valence electrons. The van der Waals surface area contributed by atoms with Crippen molar-refractivity contribution in [1.82, 2.24) is 9.97 Å². The molecule has 0 saturated heterocycles. The number of anilines is 1. The molecule has 0 aliphatic carbocycles. The number of hydrogen-bond donors (Lipinski definition) is 1. The number of benzene rings is 2. The zero-order valence-electron chi connectivity index (χ0n) is 14.1. The number of amides is 1. The van der Waals surface area contributed by atoms with Crippen LogP contribution in [0.5, 0.6) is 0 Å². The fraction of sp³-hybridized carbons (Fsp3) is 0.222. The number of methoxy groups -OCH3 is 1. The van der Waals surface area contributed by atoms with Crippen molar-refractivity contribution in [1.29, 1.82) is 0 Å². The highest BCUT2D eigenvalue weighted by Gasteiger charge is 2.33. The van der Waals surface area contributed by atoms with Gasteiger partial charge in [-0.2, -0.15) is 13.2 Å². The van der Waals surface area contributed by atoms with Crippen LogP contribution in [0.1, 0.15) is 17.2 Å². The van der Waals surface area contributed by atoms with Crippen molar-refractivity contribution in [3.63, 3.8) is 0 Å². The average Bonchev–Trinajstić information content (AvgIpc) is 3.08. The van der Waals surface area contributed by atoms with Crippen LogP contribution in [-0.4, -0.2) is 30.1 Å². The quantitative estimate of drug-likeness (QED) is 0.517. The van der Waals surface area contributed by atoms with E-state index in [2.05, 4.69) is 9.97 Å². The van der Waals surface area contributed by atoms with E-state index in [0.29, 0.717) is 29.2 Å². The summed E-state index contributed by atoms with van der Waals surface area (Å²) in [6.07, 6.45) is -2.76. The van der Waals surface area contributed by atoms with Gasteiger partial charge in [0.2, 0.25) is 6.41 Å². The van der Waals surface area contributed by atoms with Crippen molar-refractivity contribution in [2.45, 2.75) is 12.2 Å². The lowest BCUT2D eigenvalue weighted by Gasteiger charge is -2.29. The Morgan fingerprint density at radius 1 is 1.26 bits per heavy atom. The van der Waals surface area contributed by atoms with Crippen molar-refractivity contribution in [3.8, 4) is 0 Å². The Balaban J connectivity index is 2.07. The third kappa shape index (κ3) is 3.92. The number of carbonyl (C=O) groups excluding carboxylic acids is 1. The van der Waals surface area contributed by atoms with Crippen LogP contribution in [0.4, 0.5) is 23.2 Å². The first-order chi connectivity index (χ1) is 12.8. The van der Waals surface area contributed by atoms with Gasteiger partial charge in [0.25, 0.3) is 0 Å². The van der Waals surface area contributed by atoms with Crippen LogP contribution in [-0.2, 0) is 15.7 Å². The summed E-state index contributed by atoms with van der Waals surface area (Å²) in [5, 5.41) is 0. The van der Waals surface area contributed by atoms with Gasteiger partial charge in [0.05, 0.1) is 35.6 Å².